The Bertz CT molecular complexity index is 923. The van der Waals surface area contributed by atoms with Gasteiger partial charge in [0.1, 0.15) is 17.3 Å². The van der Waals surface area contributed by atoms with Gasteiger partial charge in [0.2, 0.25) is 0 Å². The fourth-order valence-corrected chi connectivity index (χ4v) is 6.01. The summed E-state index contributed by atoms with van der Waals surface area (Å²) in [6.07, 6.45) is 12.8. The molecule has 4 atom stereocenters. The maximum absolute atomic E-state index is 15.1. The molecule has 2 aliphatic rings. The summed E-state index contributed by atoms with van der Waals surface area (Å²) in [6.45, 7) is 2.27. The van der Waals surface area contributed by atoms with E-state index in [9.17, 15) is 4.79 Å². The zero-order valence-corrected chi connectivity index (χ0v) is 20.0. The quantitative estimate of drug-likeness (QED) is 0.232. The summed E-state index contributed by atoms with van der Waals surface area (Å²) in [5.74, 6) is 2.98. The van der Waals surface area contributed by atoms with Gasteiger partial charge >= 0.3 is 5.97 Å². The summed E-state index contributed by atoms with van der Waals surface area (Å²) < 4.78 is 25.6. The van der Waals surface area contributed by atoms with Gasteiger partial charge in [-0.3, -0.25) is 0 Å². The molecule has 0 N–H and O–H groups in total. The molecule has 4 unspecified atom stereocenters. The lowest BCUT2D eigenvalue weighted by Crippen LogP contribution is -2.30. The molecule has 2 aromatic rings. The van der Waals surface area contributed by atoms with E-state index < -0.39 is 5.97 Å². The van der Waals surface area contributed by atoms with Crippen molar-refractivity contribution >= 4 is 5.97 Å². The zero-order chi connectivity index (χ0) is 23.2. The Kier molecular flexibility index (Phi) is 8.06. The second-order valence-electron chi connectivity index (χ2n) is 10.0. The molecule has 0 heterocycles. The number of halogens is 1. The number of hydrogen-bond acceptors (Lipinski definition) is 3. The van der Waals surface area contributed by atoms with Crippen molar-refractivity contribution in [3.63, 3.8) is 0 Å². The fraction of sp³-hybridized carbons (Fsp3) is 0.552. The van der Waals surface area contributed by atoms with Crippen molar-refractivity contribution in [3.05, 3.63) is 59.4 Å². The molecule has 4 heteroatoms. The van der Waals surface area contributed by atoms with Crippen molar-refractivity contribution in [2.45, 2.75) is 77.0 Å². The molecule has 0 bridgehead atoms. The van der Waals surface area contributed by atoms with Crippen LogP contribution in [-0.4, -0.2) is 13.1 Å². The highest BCUT2D eigenvalue weighted by molar-refractivity contribution is 5.91. The summed E-state index contributed by atoms with van der Waals surface area (Å²) in [4.78, 5) is 12.5. The van der Waals surface area contributed by atoms with Gasteiger partial charge in [-0.2, -0.15) is 0 Å². The first-order valence-electron chi connectivity index (χ1n) is 12.7. The summed E-state index contributed by atoms with van der Waals surface area (Å²) in [7, 11) is 1.58. The summed E-state index contributed by atoms with van der Waals surface area (Å²) >= 11 is 0. The number of unbranched alkanes of at least 4 members (excludes halogenated alkanes) is 2. The van der Waals surface area contributed by atoms with Crippen LogP contribution in [0.1, 0.15) is 93.0 Å². The van der Waals surface area contributed by atoms with Gasteiger partial charge in [0.05, 0.1) is 12.7 Å². The Morgan fingerprint density at radius 2 is 1.67 bits per heavy atom. The molecule has 0 spiro atoms. The van der Waals surface area contributed by atoms with Gasteiger partial charge in [-0.05, 0) is 97.7 Å². The van der Waals surface area contributed by atoms with E-state index >= 15 is 4.39 Å². The van der Waals surface area contributed by atoms with Gasteiger partial charge in [0.15, 0.2) is 0 Å². The molecule has 0 saturated heterocycles. The van der Waals surface area contributed by atoms with E-state index in [2.05, 4.69) is 6.92 Å². The molecule has 2 saturated carbocycles. The highest BCUT2D eigenvalue weighted by Crippen LogP contribution is 2.48. The molecule has 2 aliphatic carbocycles. The van der Waals surface area contributed by atoms with Crippen LogP contribution in [0.25, 0.3) is 0 Å². The average molecular weight is 453 g/mol. The number of rotatable bonds is 8. The Hall–Kier alpha value is -2.36. The Balaban J connectivity index is 1.34. The zero-order valence-electron chi connectivity index (χ0n) is 20.0. The molecule has 2 fully saturated rings. The third-order valence-electron chi connectivity index (χ3n) is 7.88. The second kappa shape index (κ2) is 11.2. The maximum Gasteiger partial charge on any atom is 0.343 e. The molecule has 0 amide bonds. The molecular formula is C29H37FO3. The standard InChI is InChI=1S/C29H37FO3/c1-3-4-5-6-20-7-8-22-18-23(10-9-21(22)17-20)27-16-11-24(19-28(27)30)29(31)33-26-14-12-25(32-2)13-15-26/h11-16,19-23H,3-10,17-18H2,1-2H3. The van der Waals surface area contributed by atoms with Crippen LogP contribution >= 0.6 is 0 Å². The predicted molar refractivity (Wildman–Crippen MR) is 129 cm³/mol. The maximum atomic E-state index is 15.1. The number of esters is 1. The SMILES string of the molecule is CCCCCC1CCC2CC(c3ccc(C(=O)Oc4ccc(OC)cc4)cc3F)CCC2C1. The fourth-order valence-electron chi connectivity index (χ4n) is 6.01. The number of fused-ring (bicyclic) bond motifs is 1. The number of carbonyl (C=O) groups excluding carboxylic acids is 1. The van der Waals surface area contributed by atoms with E-state index in [0.717, 1.165) is 36.2 Å². The first kappa shape index (κ1) is 23.8. The minimum atomic E-state index is -0.546. The van der Waals surface area contributed by atoms with Crippen molar-refractivity contribution in [1.82, 2.24) is 0 Å². The number of benzene rings is 2. The molecule has 0 radical (unpaired) electrons. The van der Waals surface area contributed by atoms with Crippen LogP contribution in [-0.2, 0) is 0 Å². The topological polar surface area (TPSA) is 35.5 Å². The van der Waals surface area contributed by atoms with E-state index in [1.165, 1.54) is 57.4 Å². The van der Waals surface area contributed by atoms with E-state index in [1.807, 2.05) is 0 Å². The van der Waals surface area contributed by atoms with Gasteiger partial charge in [-0.25, -0.2) is 9.18 Å². The van der Waals surface area contributed by atoms with Gasteiger partial charge in [0, 0.05) is 0 Å². The minimum absolute atomic E-state index is 0.244. The highest BCUT2D eigenvalue weighted by Gasteiger charge is 2.36. The van der Waals surface area contributed by atoms with Crippen LogP contribution in [0.5, 0.6) is 11.5 Å². The largest absolute Gasteiger partial charge is 0.497 e. The lowest BCUT2D eigenvalue weighted by atomic mass is 9.63. The number of hydrogen-bond donors (Lipinski definition) is 0. The van der Waals surface area contributed by atoms with Crippen molar-refractivity contribution in [1.29, 1.82) is 0 Å². The van der Waals surface area contributed by atoms with Crippen LogP contribution in [0.4, 0.5) is 4.39 Å². The molecule has 0 aliphatic heterocycles. The lowest BCUT2D eigenvalue weighted by molar-refractivity contribution is 0.0734. The molecular weight excluding hydrogens is 415 g/mol. The van der Waals surface area contributed by atoms with Crippen LogP contribution in [0, 0.1) is 23.6 Å². The molecule has 33 heavy (non-hydrogen) atoms. The first-order chi connectivity index (χ1) is 16.1. The summed E-state index contributed by atoms with van der Waals surface area (Å²) in [6, 6.07) is 11.6. The minimum Gasteiger partial charge on any atom is -0.497 e. The highest BCUT2D eigenvalue weighted by atomic mass is 19.1. The third kappa shape index (κ3) is 5.96. The van der Waals surface area contributed by atoms with E-state index in [4.69, 9.17) is 9.47 Å². The predicted octanol–water partition coefficient (Wildman–Crippen LogP) is 7.93. The Labute approximate surface area is 197 Å². The monoisotopic (exact) mass is 452 g/mol. The summed E-state index contributed by atoms with van der Waals surface area (Å²) in [5, 5.41) is 0. The van der Waals surface area contributed by atoms with Crippen LogP contribution in [0.2, 0.25) is 0 Å². The molecule has 178 valence electrons. The Morgan fingerprint density at radius 1 is 0.939 bits per heavy atom. The Morgan fingerprint density at radius 3 is 2.39 bits per heavy atom. The summed E-state index contributed by atoms with van der Waals surface area (Å²) in [5.41, 5.74) is 1.01. The lowest BCUT2D eigenvalue weighted by Gasteiger charge is -2.42. The average Bonchev–Trinajstić information content (AvgIpc) is 2.84. The second-order valence-corrected chi connectivity index (χ2v) is 10.0. The number of methoxy groups -OCH3 is 1. The van der Waals surface area contributed by atoms with Gasteiger partial charge in [-0.1, -0.05) is 45.1 Å². The van der Waals surface area contributed by atoms with Crippen molar-refractivity contribution in [3.8, 4) is 11.5 Å². The van der Waals surface area contributed by atoms with Crippen LogP contribution in [0.3, 0.4) is 0 Å². The molecule has 4 rings (SSSR count). The molecule has 2 aromatic carbocycles. The van der Waals surface area contributed by atoms with Crippen molar-refractivity contribution in [2.75, 3.05) is 7.11 Å². The van der Waals surface area contributed by atoms with Gasteiger partial charge < -0.3 is 9.47 Å². The smallest absolute Gasteiger partial charge is 0.343 e. The van der Waals surface area contributed by atoms with Gasteiger partial charge in [-0.15, -0.1) is 0 Å². The third-order valence-corrected chi connectivity index (χ3v) is 7.88. The first-order valence-corrected chi connectivity index (χ1v) is 12.7. The van der Waals surface area contributed by atoms with Crippen molar-refractivity contribution in [2.24, 2.45) is 17.8 Å². The number of ether oxygens (including phenoxy) is 2. The number of carbonyl (C=O) groups is 1. The molecule has 3 nitrogen and oxygen atoms in total. The van der Waals surface area contributed by atoms with E-state index in [0.29, 0.717) is 11.5 Å². The van der Waals surface area contributed by atoms with Crippen LogP contribution < -0.4 is 9.47 Å². The van der Waals surface area contributed by atoms with Crippen LogP contribution in [0.15, 0.2) is 42.5 Å². The normalized spacial score (nSPS) is 24.7. The van der Waals surface area contributed by atoms with E-state index in [1.54, 1.807) is 43.5 Å². The van der Waals surface area contributed by atoms with E-state index in [-0.39, 0.29) is 17.3 Å². The van der Waals surface area contributed by atoms with Crippen molar-refractivity contribution < 1.29 is 18.7 Å². The molecule has 0 aromatic heterocycles. The van der Waals surface area contributed by atoms with Gasteiger partial charge in [0.25, 0.3) is 0 Å².